The SMILES string of the molecule is c1cc2c(cn1)[pH]c1cnccc12. The summed E-state index contributed by atoms with van der Waals surface area (Å²) in [5.41, 5.74) is 0. The van der Waals surface area contributed by atoms with Gasteiger partial charge in [-0.05, 0) is 22.9 Å². The van der Waals surface area contributed by atoms with Gasteiger partial charge in [0.05, 0.1) is 0 Å². The second-order valence-corrected chi connectivity index (χ2v) is 4.29. The van der Waals surface area contributed by atoms with Crippen molar-refractivity contribution >= 4 is 29.2 Å². The molecular formula is C10H7N2P. The molecule has 3 aromatic heterocycles. The quantitative estimate of drug-likeness (QED) is 0.539. The number of fused-ring (bicyclic) bond motifs is 3. The summed E-state index contributed by atoms with van der Waals surface area (Å²) >= 11 is 0. The molecule has 0 saturated carbocycles. The number of hydrogen-bond acceptors (Lipinski definition) is 2. The van der Waals surface area contributed by atoms with Crippen molar-refractivity contribution in [3.63, 3.8) is 0 Å². The van der Waals surface area contributed by atoms with Gasteiger partial charge in [-0.2, -0.15) is 0 Å². The van der Waals surface area contributed by atoms with E-state index in [1.807, 2.05) is 24.8 Å². The van der Waals surface area contributed by atoms with Crippen LogP contribution in [0, 0.1) is 0 Å². The molecule has 0 saturated heterocycles. The summed E-state index contributed by atoms with van der Waals surface area (Å²) < 4.78 is 0. The van der Waals surface area contributed by atoms with E-state index >= 15 is 0 Å². The van der Waals surface area contributed by atoms with E-state index in [9.17, 15) is 0 Å². The standard InChI is InChI=1S/C10H7N2P/c1-3-11-5-9-7(1)8-2-4-12-6-10(8)13-9/h1-6,13H. The van der Waals surface area contributed by atoms with Gasteiger partial charge in [0.15, 0.2) is 0 Å². The van der Waals surface area contributed by atoms with Crippen LogP contribution in [-0.2, 0) is 0 Å². The Morgan fingerprint density at radius 3 is 1.92 bits per heavy atom. The van der Waals surface area contributed by atoms with Gasteiger partial charge >= 0.3 is 0 Å². The summed E-state index contributed by atoms with van der Waals surface area (Å²) in [4.78, 5) is 8.25. The van der Waals surface area contributed by atoms with E-state index in [4.69, 9.17) is 0 Å². The highest BCUT2D eigenvalue weighted by Crippen LogP contribution is 2.35. The number of rotatable bonds is 0. The molecule has 0 radical (unpaired) electrons. The Morgan fingerprint density at radius 1 is 0.846 bits per heavy atom. The lowest BCUT2D eigenvalue weighted by Gasteiger charge is -1.88. The van der Waals surface area contributed by atoms with Crippen molar-refractivity contribution in [3.8, 4) is 0 Å². The molecule has 3 rings (SSSR count). The molecule has 62 valence electrons. The molecule has 0 aromatic carbocycles. The fourth-order valence-electron chi connectivity index (χ4n) is 1.60. The first-order chi connectivity index (χ1) is 6.45. The van der Waals surface area contributed by atoms with E-state index in [2.05, 4.69) is 22.1 Å². The Labute approximate surface area is 76.7 Å². The monoisotopic (exact) mass is 186 g/mol. The maximum absolute atomic E-state index is 4.13. The molecular weight excluding hydrogens is 179 g/mol. The maximum Gasteiger partial charge on any atom is 0.0383 e. The summed E-state index contributed by atoms with van der Waals surface area (Å²) in [6, 6.07) is 4.16. The predicted molar refractivity (Wildman–Crippen MR) is 56.5 cm³/mol. The van der Waals surface area contributed by atoms with Gasteiger partial charge in [-0.3, -0.25) is 9.97 Å². The van der Waals surface area contributed by atoms with Crippen molar-refractivity contribution in [2.45, 2.75) is 0 Å². The summed E-state index contributed by atoms with van der Waals surface area (Å²) in [5, 5.41) is 5.33. The topological polar surface area (TPSA) is 25.8 Å². The van der Waals surface area contributed by atoms with Crippen LogP contribution >= 0.6 is 8.19 Å². The van der Waals surface area contributed by atoms with Crippen molar-refractivity contribution in [3.05, 3.63) is 36.9 Å². The third kappa shape index (κ3) is 0.958. The highest BCUT2D eigenvalue weighted by Gasteiger charge is 2.01. The van der Waals surface area contributed by atoms with Gasteiger partial charge in [0, 0.05) is 35.0 Å². The van der Waals surface area contributed by atoms with Crippen LogP contribution in [0.4, 0.5) is 0 Å². The minimum atomic E-state index is 0.726. The van der Waals surface area contributed by atoms with Crippen molar-refractivity contribution < 1.29 is 0 Å². The minimum absolute atomic E-state index is 0.726. The smallest absolute Gasteiger partial charge is 0.0383 e. The van der Waals surface area contributed by atoms with Crippen LogP contribution in [0.25, 0.3) is 21.0 Å². The number of hydrogen-bond donors (Lipinski definition) is 0. The zero-order chi connectivity index (χ0) is 8.67. The molecule has 0 aliphatic carbocycles. The molecule has 3 aromatic rings. The van der Waals surface area contributed by atoms with Crippen LogP contribution in [0.15, 0.2) is 36.9 Å². The molecule has 0 spiro atoms. The second-order valence-electron chi connectivity index (χ2n) is 2.97. The van der Waals surface area contributed by atoms with Crippen LogP contribution in [0.5, 0.6) is 0 Å². The largest absolute Gasteiger partial charge is 0.264 e. The second kappa shape index (κ2) is 2.54. The van der Waals surface area contributed by atoms with E-state index < -0.39 is 0 Å². The van der Waals surface area contributed by atoms with Gasteiger partial charge < -0.3 is 0 Å². The molecule has 0 aliphatic heterocycles. The van der Waals surface area contributed by atoms with Gasteiger partial charge in [0.1, 0.15) is 0 Å². The van der Waals surface area contributed by atoms with Crippen molar-refractivity contribution in [2.24, 2.45) is 0 Å². The van der Waals surface area contributed by atoms with Crippen LogP contribution in [0.3, 0.4) is 0 Å². The average Bonchev–Trinajstić information content (AvgIpc) is 2.56. The maximum atomic E-state index is 4.13. The fourth-order valence-corrected chi connectivity index (χ4v) is 2.88. The third-order valence-electron chi connectivity index (χ3n) is 2.20. The molecule has 0 aliphatic rings. The Morgan fingerprint density at radius 2 is 1.38 bits per heavy atom. The van der Waals surface area contributed by atoms with Crippen molar-refractivity contribution in [2.75, 3.05) is 0 Å². The average molecular weight is 186 g/mol. The highest BCUT2D eigenvalue weighted by molar-refractivity contribution is 7.43. The van der Waals surface area contributed by atoms with Crippen LogP contribution in [-0.4, -0.2) is 9.97 Å². The summed E-state index contributed by atoms with van der Waals surface area (Å²) in [5.74, 6) is 0. The minimum Gasteiger partial charge on any atom is -0.264 e. The Hall–Kier alpha value is -1.40. The molecule has 0 N–H and O–H groups in total. The Balaban J connectivity index is 2.64. The highest BCUT2D eigenvalue weighted by atomic mass is 31.0. The lowest BCUT2D eigenvalue weighted by molar-refractivity contribution is 1.37. The van der Waals surface area contributed by atoms with E-state index in [-0.39, 0.29) is 0 Å². The van der Waals surface area contributed by atoms with Crippen LogP contribution < -0.4 is 0 Å². The lowest BCUT2D eigenvalue weighted by atomic mass is 10.2. The van der Waals surface area contributed by atoms with E-state index in [0.717, 1.165) is 8.19 Å². The first-order valence-corrected chi connectivity index (χ1v) is 5.10. The first kappa shape index (κ1) is 7.05. The van der Waals surface area contributed by atoms with Gasteiger partial charge in [0.25, 0.3) is 0 Å². The zero-order valence-electron chi connectivity index (χ0n) is 6.86. The van der Waals surface area contributed by atoms with E-state index in [1.165, 1.54) is 21.0 Å². The van der Waals surface area contributed by atoms with Crippen LogP contribution in [0.2, 0.25) is 0 Å². The zero-order valence-corrected chi connectivity index (χ0v) is 7.86. The van der Waals surface area contributed by atoms with E-state index in [0.29, 0.717) is 0 Å². The molecule has 0 atom stereocenters. The van der Waals surface area contributed by atoms with Gasteiger partial charge in [-0.1, -0.05) is 0 Å². The molecule has 0 amide bonds. The lowest BCUT2D eigenvalue weighted by Crippen LogP contribution is -1.69. The molecule has 0 bridgehead atoms. The normalized spacial score (nSPS) is 11.1. The first-order valence-electron chi connectivity index (χ1n) is 4.10. The van der Waals surface area contributed by atoms with Gasteiger partial charge in [-0.25, -0.2) is 0 Å². The number of nitrogens with zero attached hydrogens (tertiary/aromatic N) is 2. The van der Waals surface area contributed by atoms with Crippen molar-refractivity contribution in [1.82, 2.24) is 9.97 Å². The fraction of sp³-hybridized carbons (Fsp3) is 0. The Kier molecular flexibility index (Phi) is 1.38. The summed E-state index contributed by atoms with van der Waals surface area (Å²) in [6.07, 6.45) is 7.60. The van der Waals surface area contributed by atoms with Gasteiger partial charge in [0.2, 0.25) is 0 Å². The molecule has 0 unspecified atom stereocenters. The molecule has 2 nitrogen and oxygen atoms in total. The van der Waals surface area contributed by atoms with Gasteiger partial charge in [-0.15, -0.1) is 8.19 Å². The molecule has 3 heteroatoms. The number of pyridine rings is 2. The Bertz CT molecular complexity index is 521. The molecule has 3 heterocycles. The molecule has 0 fully saturated rings. The van der Waals surface area contributed by atoms with E-state index in [1.54, 1.807) is 0 Å². The molecule has 13 heavy (non-hydrogen) atoms. The summed E-state index contributed by atoms with van der Waals surface area (Å²) in [7, 11) is 0.726. The number of aromatic nitrogens is 2. The van der Waals surface area contributed by atoms with Crippen molar-refractivity contribution in [1.29, 1.82) is 0 Å². The third-order valence-corrected chi connectivity index (χ3v) is 3.54. The predicted octanol–water partition coefficient (Wildman–Crippen LogP) is 2.81. The van der Waals surface area contributed by atoms with Crippen LogP contribution in [0.1, 0.15) is 0 Å². The summed E-state index contributed by atoms with van der Waals surface area (Å²) in [6.45, 7) is 0.